The lowest BCUT2D eigenvalue weighted by molar-refractivity contribution is -0.133. The van der Waals surface area contributed by atoms with Gasteiger partial charge in [-0.1, -0.05) is 30.3 Å². The van der Waals surface area contributed by atoms with E-state index in [1.54, 1.807) is 4.90 Å². The normalized spacial score (nSPS) is 12.0. The molecule has 4 nitrogen and oxygen atoms in total. The molecular formula is C19H22FNO3S. The molecule has 0 bridgehead atoms. The second kappa shape index (κ2) is 7.35. The second-order valence-corrected chi connectivity index (χ2v) is 8.84. The predicted molar refractivity (Wildman–Crippen MR) is 95.2 cm³/mol. The molecule has 0 heterocycles. The number of benzene rings is 2. The zero-order chi connectivity index (χ0) is 18.7. The third-order valence-corrected chi connectivity index (χ3v) is 5.40. The molecular weight excluding hydrogens is 341 g/mol. The van der Waals surface area contributed by atoms with Gasteiger partial charge in [-0.25, -0.2) is 12.8 Å². The van der Waals surface area contributed by atoms with Crippen LogP contribution in [0.4, 0.5) is 4.39 Å². The smallest absolute Gasteiger partial charge is 0.238 e. The van der Waals surface area contributed by atoms with E-state index in [-0.39, 0.29) is 4.90 Å². The van der Waals surface area contributed by atoms with Crippen molar-refractivity contribution in [1.82, 2.24) is 4.90 Å². The van der Waals surface area contributed by atoms with E-state index in [2.05, 4.69) is 0 Å². The van der Waals surface area contributed by atoms with Crippen LogP contribution in [0.2, 0.25) is 0 Å². The van der Waals surface area contributed by atoms with Gasteiger partial charge in [0.15, 0.2) is 9.84 Å². The van der Waals surface area contributed by atoms with Crippen LogP contribution in [0.3, 0.4) is 0 Å². The lowest BCUT2D eigenvalue weighted by atomic mass is 10.0. The van der Waals surface area contributed by atoms with Gasteiger partial charge in [0.25, 0.3) is 0 Å². The SMILES string of the molecule is CC(C)(C)N(Cc1ccccc1)C(=O)CS(=O)(=O)c1ccc(F)cc1. The van der Waals surface area contributed by atoms with Crippen molar-refractivity contribution in [3.63, 3.8) is 0 Å². The van der Waals surface area contributed by atoms with Gasteiger partial charge in [-0.2, -0.15) is 0 Å². The Labute approximate surface area is 148 Å². The highest BCUT2D eigenvalue weighted by Gasteiger charge is 2.30. The number of carbonyl (C=O) groups is 1. The summed E-state index contributed by atoms with van der Waals surface area (Å²) < 4.78 is 37.9. The van der Waals surface area contributed by atoms with Crippen LogP contribution in [0, 0.1) is 5.82 Å². The lowest BCUT2D eigenvalue weighted by Crippen LogP contribution is -2.47. The van der Waals surface area contributed by atoms with Crippen molar-refractivity contribution < 1.29 is 17.6 Å². The molecule has 0 radical (unpaired) electrons. The number of nitrogens with zero attached hydrogens (tertiary/aromatic N) is 1. The van der Waals surface area contributed by atoms with Crippen LogP contribution in [0.5, 0.6) is 0 Å². The molecule has 0 unspecified atom stereocenters. The van der Waals surface area contributed by atoms with Crippen molar-refractivity contribution in [3.05, 3.63) is 66.0 Å². The van der Waals surface area contributed by atoms with Gasteiger partial charge in [0.2, 0.25) is 5.91 Å². The minimum absolute atomic E-state index is 0.0594. The van der Waals surface area contributed by atoms with Crippen molar-refractivity contribution in [2.75, 3.05) is 5.75 Å². The van der Waals surface area contributed by atoms with E-state index < -0.39 is 32.9 Å². The van der Waals surface area contributed by atoms with Crippen LogP contribution in [0.1, 0.15) is 26.3 Å². The van der Waals surface area contributed by atoms with Crippen molar-refractivity contribution in [2.24, 2.45) is 0 Å². The molecule has 134 valence electrons. The Morgan fingerprint density at radius 1 is 1.00 bits per heavy atom. The molecule has 0 fully saturated rings. The minimum atomic E-state index is -3.83. The van der Waals surface area contributed by atoms with Gasteiger partial charge in [-0.3, -0.25) is 4.79 Å². The Morgan fingerprint density at radius 2 is 1.56 bits per heavy atom. The molecule has 0 aromatic heterocycles. The first kappa shape index (κ1) is 19.1. The van der Waals surface area contributed by atoms with Gasteiger partial charge in [0, 0.05) is 12.1 Å². The molecule has 0 N–H and O–H groups in total. The van der Waals surface area contributed by atoms with E-state index in [1.807, 2.05) is 51.1 Å². The van der Waals surface area contributed by atoms with E-state index in [4.69, 9.17) is 0 Å². The molecule has 25 heavy (non-hydrogen) atoms. The minimum Gasteiger partial charge on any atom is -0.333 e. The van der Waals surface area contributed by atoms with Crippen molar-refractivity contribution in [2.45, 2.75) is 37.8 Å². The maximum absolute atomic E-state index is 13.0. The third kappa shape index (κ3) is 5.13. The predicted octanol–water partition coefficient (Wildman–Crippen LogP) is 3.43. The molecule has 1 amide bonds. The largest absolute Gasteiger partial charge is 0.333 e. The first-order valence-corrected chi connectivity index (χ1v) is 9.57. The van der Waals surface area contributed by atoms with Crippen LogP contribution < -0.4 is 0 Å². The van der Waals surface area contributed by atoms with Gasteiger partial charge in [-0.15, -0.1) is 0 Å². The monoisotopic (exact) mass is 363 g/mol. The quantitative estimate of drug-likeness (QED) is 0.765. The van der Waals surface area contributed by atoms with Gasteiger partial charge in [0.1, 0.15) is 11.6 Å². The summed E-state index contributed by atoms with van der Waals surface area (Å²) in [5.41, 5.74) is 0.385. The fourth-order valence-electron chi connectivity index (χ4n) is 2.43. The number of halogens is 1. The van der Waals surface area contributed by atoms with Gasteiger partial charge < -0.3 is 4.90 Å². The van der Waals surface area contributed by atoms with Crippen LogP contribution in [0.15, 0.2) is 59.5 Å². The maximum Gasteiger partial charge on any atom is 0.238 e. The molecule has 0 saturated carbocycles. The van der Waals surface area contributed by atoms with Gasteiger partial charge in [-0.05, 0) is 50.6 Å². The molecule has 2 aromatic carbocycles. The van der Waals surface area contributed by atoms with E-state index in [0.29, 0.717) is 6.54 Å². The first-order valence-electron chi connectivity index (χ1n) is 7.92. The first-order chi connectivity index (χ1) is 11.6. The van der Waals surface area contributed by atoms with Crippen LogP contribution >= 0.6 is 0 Å². The summed E-state index contributed by atoms with van der Waals surface area (Å²) in [5.74, 6) is -1.66. The number of sulfone groups is 1. The second-order valence-electron chi connectivity index (χ2n) is 6.85. The summed E-state index contributed by atoms with van der Waals surface area (Å²) in [6, 6.07) is 13.9. The summed E-state index contributed by atoms with van der Waals surface area (Å²) in [6.07, 6.45) is 0. The number of carbonyl (C=O) groups excluding carboxylic acids is 1. The van der Waals surface area contributed by atoms with Crippen molar-refractivity contribution in [3.8, 4) is 0 Å². The Balaban J connectivity index is 2.23. The van der Waals surface area contributed by atoms with E-state index in [1.165, 1.54) is 12.1 Å². The summed E-state index contributed by atoms with van der Waals surface area (Å²) in [5, 5.41) is 0. The molecule has 2 aromatic rings. The molecule has 0 spiro atoms. The fourth-order valence-corrected chi connectivity index (χ4v) is 3.63. The highest BCUT2D eigenvalue weighted by molar-refractivity contribution is 7.92. The number of hydrogen-bond acceptors (Lipinski definition) is 3. The van der Waals surface area contributed by atoms with E-state index in [0.717, 1.165) is 17.7 Å². The lowest BCUT2D eigenvalue weighted by Gasteiger charge is -2.36. The summed E-state index contributed by atoms with van der Waals surface area (Å²) in [4.78, 5) is 14.2. The van der Waals surface area contributed by atoms with Crippen molar-refractivity contribution in [1.29, 1.82) is 0 Å². The fraction of sp³-hybridized carbons (Fsp3) is 0.316. The number of rotatable bonds is 5. The van der Waals surface area contributed by atoms with Crippen LogP contribution in [0.25, 0.3) is 0 Å². The van der Waals surface area contributed by atoms with E-state index >= 15 is 0 Å². The molecule has 0 aliphatic heterocycles. The molecule has 0 aliphatic carbocycles. The molecule has 0 saturated heterocycles. The topological polar surface area (TPSA) is 54.5 Å². The Hall–Kier alpha value is -2.21. The number of amides is 1. The highest BCUT2D eigenvalue weighted by Crippen LogP contribution is 2.20. The Bertz CT molecular complexity index is 825. The molecule has 6 heteroatoms. The molecule has 2 rings (SSSR count). The zero-order valence-electron chi connectivity index (χ0n) is 14.6. The van der Waals surface area contributed by atoms with Gasteiger partial charge in [0.05, 0.1) is 4.90 Å². The van der Waals surface area contributed by atoms with Crippen molar-refractivity contribution >= 4 is 15.7 Å². The Morgan fingerprint density at radius 3 is 2.08 bits per heavy atom. The van der Waals surface area contributed by atoms with Crippen LogP contribution in [-0.2, 0) is 21.2 Å². The highest BCUT2D eigenvalue weighted by atomic mass is 32.2. The maximum atomic E-state index is 13.0. The third-order valence-electron chi connectivity index (χ3n) is 3.78. The van der Waals surface area contributed by atoms with E-state index in [9.17, 15) is 17.6 Å². The summed E-state index contributed by atoms with van der Waals surface area (Å²) in [7, 11) is -3.83. The summed E-state index contributed by atoms with van der Waals surface area (Å²) in [6.45, 7) is 5.90. The summed E-state index contributed by atoms with van der Waals surface area (Å²) >= 11 is 0. The standard InChI is InChI=1S/C19H22FNO3S/c1-19(2,3)21(13-15-7-5-4-6-8-15)18(22)14-25(23,24)17-11-9-16(20)10-12-17/h4-12H,13-14H2,1-3H3. The number of hydrogen-bond donors (Lipinski definition) is 0. The Kier molecular flexibility index (Phi) is 5.62. The zero-order valence-corrected chi connectivity index (χ0v) is 15.4. The van der Waals surface area contributed by atoms with Crippen LogP contribution in [-0.4, -0.2) is 30.5 Å². The van der Waals surface area contributed by atoms with Gasteiger partial charge >= 0.3 is 0 Å². The average molecular weight is 363 g/mol. The molecule has 0 atom stereocenters. The molecule has 0 aliphatic rings. The average Bonchev–Trinajstić information content (AvgIpc) is 2.52.